The summed E-state index contributed by atoms with van der Waals surface area (Å²) >= 11 is 0. The highest BCUT2D eigenvalue weighted by molar-refractivity contribution is 5.96. The second-order valence-corrected chi connectivity index (χ2v) is 4.03. The van der Waals surface area contributed by atoms with Crippen LogP contribution in [0.15, 0.2) is 12.1 Å². The number of hydrogen-bond acceptors (Lipinski definition) is 3. The number of esters is 1. The summed E-state index contributed by atoms with van der Waals surface area (Å²) in [6.45, 7) is 6.35. The Balaban J connectivity index is 2.82. The van der Waals surface area contributed by atoms with Crippen LogP contribution in [-0.4, -0.2) is 12.6 Å². The molecule has 0 unspecified atom stereocenters. The molecular formula is C13H19NO2. The van der Waals surface area contributed by atoms with Crippen LogP contribution in [0.25, 0.3) is 0 Å². The van der Waals surface area contributed by atoms with Crippen LogP contribution < -0.4 is 5.73 Å². The predicted octanol–water partition coefficient (Wildman–Crippen LogP) is 2.84. The van der Waals surface area contributed by atoms with Gasteiger partial charge in [0.1, 0.15) is 0 Å². The molecule has 0 aliphatic rings. The number of anilines is 1. The van der Waals surface area contributed by atoms with Crippen LogP contribution in [-0.2, 0) is 4.74 Å². The van der Waals surface area contributed by atoms with Gasteiger partial charge in [-0.15, -0.1) is 0 Å². The molecule has 3 heteroatoms. The van der Waals surface area contributed by atoms with E-state index in [1.54, 1.807) is 6.07 Å². The molecule has 0 saturated carbocycles. The summed E-state index contributed by atoms with van der Waals surface area (Å²) in [6, 6.07) is 3.73. The molecule has 0 aliphatic carbocycles. The molecule has 88 valence electrons. The number of ether oxygens (including phenoxy) is 1. The maximum atomic E-state index is 11.7. The quantitative estimate of drug-likeness (QED) is 0.483. The van der Waals surface area contributed by atoms with Gasteiger partial charge in [-0.05, 0) is 37.5 Å². The number of aryl methyl sites for hydroxylation is 2. The van der Waals surface area contributed by atoms with E-state index in [4.69, 9.17) is 10.5 Å². The first-order valence-corrected chi connectivity index (χ1v) is 5.60. The highest BCUT2D eigenvalue weighted by atomic mass is 16.5. The molecule has 0 spiro atoms. The number of rotatable bonds is 4. The maximum Gasteiger partial charge on any atom is 0.340 e. The molecule has 0 radical (unpaired) electrons. The average Bonchev–Trinajstić information content (AvgIpc) is 2.23. The van der Waals surface area contributed by atoms with E-state index in [9.17, 15) is 4.79 Å². The third kappa shape index (κ3) is 2.99. The highest BCUT2D eigenvalue weighted by Crippen LogP contribution is 2.20. The van der Waals surface area contributed by atoms with Gasteiger partial charge in [0.25, 0.3) is 0 Å². The minimum Gasteiger partial charge on any atom is -0.462 e. The van der Waals surface area contributed by atoms with E-state index in [0.717, 1.165) is 24.0 Å². The standard InChI is InChI=1S/C13H19NO2/c1-4-5-6-16-13(15)11-8-9(2)7-10(3)12(11)14/h7-8H,4-6,14H2,1-3H3. The fraction of sp³-hybridized carbons (Fsp3) is 0.462. The van der Waals surface area contributed by atoms with Gasteiger partial charge in [0.05, 0.1) is 12.2 Å². The predicted molar refractivity (Wildman–Crippen MR) is 65.5 cm³/mol. The maximum absolute atomic E-state index is 11.7. The monoisotopic (exact) mass is 221 g/mol. The molecule has 0 saturated heterocycles. The Kier molecular flexibility index (Phi) is 4.35. The van der Waals surface area contributed by atoms with Gasteiger partial charge in [0.2, 0.25) is 0 Å². The Morgan fingerprint density at radius 1 is 1.38 bits per heavy atom. The molecule has 16 heavy (non-hydrogen) atoms. The average molecular weight is 221 g/mol. The van der Waals surface area contributed by atoms with Crippen LogP contribution in [0.3, 0.4) is 0 Å². The third-order valence-electron chi connectivity index (χ3n) is 2.48. The smallest absolute Gasteiger partial charge is 0.340 e. The largest absolute Gasteiger partial charge is 0.462 e. The van der Waals surface area contributed by atoms with Gasteiger partial charge in [-0.3, -0.25) is 0 Å². The number of unbranched alkanes of at least 4 members (excludes halogenated alkanes) is 1. The van der Waals surface area contributed by atoms with Crippen molar-refractivity contribution in [3.05, 3.63) is 28.8 Å². The molecule has 0 bridgehead atoms. The number of nitrogen functional groups attached to an aromatic ring is 1. The third-order valence-corrected chi connectivity index (χ3v) is 2.48. The molecule has 0 heterocycles. The molecule has 0 aliphatic heterocycles. The van der Waals surface area contributed by atoms with Crippen LogP contribution >= 0.6 is 0 Å². The van der Waals surface area contributed by atoms with E-state index in [1.807, 2.05) is 19.9 Å². The SMILES string of the molecule is CCCCOC(=O)c1cc(C)cc(C)c1N. The summed E-state index contributed by atoms with van der Waals surface area (Å²) in [5, 5.41) is 0. The van der Waals surface area contributed by atoms with Gasteiger partial charge >= 0.3 is 5.97 Å². The van der Waals surface area contributed by atoms with Gasteiger partial charge in [0.15, 0.2) is 0 Å². The number of hydrogen-bond donors (Lipinski definition) is 1. The molecule has 1 aromatic rings. The molecule has 0 amide bonds. The molecule has 1 rings (SSSR count). The van der Waals surface area contributed by atoms with Gasteiger partial charge in [0, 0.05) is 5.69 Å². The highest BCUT2D eigenvalue weighted by Gasteiger charge is 2.13. The zero-order valence-electron chi connectivity index (χ0n) is 10.2. The first kappa shape index (κ1) is 12.6. The molecule has 0 aromatic heterocycles. The van der Waals surface area contributed by atoms with Crippen molar-refractivity contribution in [2.75, 3.05) is 12.3 Å². The first-order valence-electron chi connectivity index (χ1n) is 5.60. The Morgan fingerprint density at radius 2 is 2.06 bits per heavy atom. The van der Waals surface area contributed by atoms with Crippen molar-refractivity contribution in [3.8, 4) is 0 Å². The van der Waals surface area contributed by atoms with Crippen molar-refractivity contribution in [1.29, 1.82) is 0 Å². The lowest BCUT2D eigenvalue weighted by Gasteiger charge is -2.09. The zero-order valence-corrected chi connectivity index (χ0v) is 10.2. The van der Waals surface area contributed by atoms with Crippen LogP contribution in [0.5, 0.6) is 0 Å². The Labute approximate surface area is 96.6 Å². The van der Waals surface area contributed by atoms with Gasteiger partial charge in [-0.25, -0.2) is 4.79 Å². The number of benzene rings is 1. The molecule has 2 N–H and O–H groups in total. The van der Waals surface area contributed by atoms with E-state index >= 15 is 0 Å². The Morgan fingerprint density at radius 3 is 2.69 bits per heavy atom. The molecular weight excluding hydrogens is 202 g/mol. The van der Waals surface area contributed by atoms with Crippen molar-refractivity contribution in [1.82, 2.24) is 0 Å². The topological polar surface area (TPSA) is 52.3 Å². The van der Waals surface area contributed by atoms with E-state index in [-0.39, 0.29) is 5.97 Å². The fourth-order valence-electron chi connectivity index (χ4n) is 1.53. The van der Waals surface area contributed by atoms with Crippen LogP contribution in [0.2, 0.25) is 0 Å². The lowest BCUT2D eigenvalue weighted by Crippen LogP contribution is -2.10. The summed E-state index contributed by atoms with van der Waals surface area (Å²) in [5.41, 5.74) is 8.80. The zero-order chi connectivity index (χ0) is 12.1. The normalized spacial score (nSPS) is 10.2. The van der Waals surface area contributed by atoms with Crippen molar-refractivity contribution in [2.45, 2.75) is 33.6 Å². The van der Waals surface area contributed by atoms with Crippen LogP contribution in [0.4, 0.5) is 5.69 Å². The van der Waals surface area contributed by atoms with Gasteiger partial charge in [-0.1, -0.05) is 19.4 Å². The molecule has 0 fully saturated rings. The van der Waals surface area contributed by atoms with Gasteiger partial charge < -0.3 is 10.5 Å². The van der Waals surface area contributed by atoms with E-state index in [2.05, 4.69) is 6.92 Å². The Hall–Kier alpha value is -1.51. The van der Waals surface area contributed by atoms with Crippen molar-refractivity contribution in [3.63, 3.8) is 0 Å². The van der Waals surface area contributed by atoms with Gasteiger partial charge in [-0.2, -0.15) is 0 Å². The summed E-state index contributed by atoms with van der Waals surface area (Å²) in [7, 11) is 0. The fourth-order valence-corrected chi connectivity index (χ4v) is 1.53. The van der Waals surface area contributed by atoms with E-state index in [1.165, 1.54) is 0 Å². The second-order valence-electron chi connectivity index (χ2n) is 4.03. The van der Waals surface area contributed by atoms with Crippen LogP contribution in [0, 0.1) is 13.8 Å². The first-order chi connectivity index (χ1) is 7.56. The minimum atomic E-state index is -0.322. The van der Waals surface area contributed by atoms with Crippen molar-refractivity contribution < 1.29 is 9.53 Å². The number of carbonyl (C=O) groups excluding carboxylic acids is 1. The van der Waals surface area contributed by atoms with E-state index in [0.29, 0.717) is 17.9 Å². The second kappa shape index (κ2) is 5.54. The van der Waals surface area contributed by atoms with Crippen molar-refractivity contribution in [2.24, 2.45) is 0 Å². The van der Waals surface area contributed by atoms with E-state index < -0.39 is 0 Å². The summed E-state index contributed by atoms with van der Waals surface area (Å²) in [4.78, 5) is 11.7. The summed E-state index contributed by atoms with van der Waals surface area (Å²) < 4.78 is 5.14. The Bertz CT molecular complexity index is 386. The van der Waals surface area contributed by atoms with Crippen LogP contribution in [0.1, 0.15) is 41.3 Å². The molecule has 3 nitrogen and oxygen atoms in total. The summed E-state index contributed by atoms with van der Waals surface area (Å²) in [6.07, 6.45) is 1.89. The number of carbonyl (C=O) groups is 1. The molecule has 1 aromatic carbocycles. The van der Waals surface area contributed by atoms with Crippen molar-refractivity contribution >= 4 is 11.7 Å². The summed E-state index contributed by atoms with van der Waals surface area (Å²) in [5.74, 6) is -0.322. The number of nitrogens with two attached hydrogens (primary N) is 1. The lowest BCUT2D eigenvalue weighted by molar-refractivity contribution is 0.0501. The lowest BCUT2D eigenvalue weighted by atomic mass is 10.0. The molecule has 0 atom stereocenters. The minimum absolute atomic E-state index is 0.322.